The number of likely N-dealkylation sites (tertiary alicyclic amines) is 1. The number of aromatic amines is 2. The van der Waals surface area contributed by atoms with E-state index in [4.69, 9.17) is 4.98 Å². The summed E-state index contributed by atoms with van der Waals surface area (Å²) in [6.45, 7) is 1.56. The van der Waals surface area contributed by atoms with Gasteiger partial charge in [0, 0.05) is 31.8 Å². The summed E-state index contributed by atoms with van der Waals surface area (Å²) in [5, 5.41) is 0. The van der Waals surface area contributed by atoms with Gasteiger partial charge in [0.2, 0.25) is 5.91 Å². The molecule has 0 aliphatic carbocycles. The van der Waals surface area contributed by atoms with E-state index in [-0.39, 0.29) is 11.8 Å². The normalized spacial score (nSPS) is 17.4. The van der Waals surface area contributed by atoms with Crippen LogP contribution in [-0.2, 0) is 11.2 Å². The van der Waals surface area contributed by atoms with Crippen molar-refractivity contribution in [2.24, 2.45) is 0 Å². The van der Waals surface area contributed by atoms with Gasteiger partial charge in [-0.25, -0.2) is 9.97 Å². The molecule has 6 nitrogen and oxygen atoms in total. The van der Waals surface area contributed by atoms with Gasteiger partial charge >= 0.3 is 0 Å². The van der Waals surface area contributed by atoms with Crippen molar-refractivity contribution in [3.63, 3.8) is 0 Å². The highest BCUT2D eigenvalue weighted by atomic mass is 16.2. The lowest BCUT2D eigenvalue weighted by atomic mass is 9.97. The van der Waals surface area contributed by atoms with Crippen LogP contribution in [0.2, 0.25) is 0 Å². The Labute approximate surface area is 163 Å². The Morgan fingerprint density at radius 2 is 1.71 bits per heavy atom. The molecule has 28 heavy (non-hydrogen) atoms. The third-order valence-corrected chi connectivity index (χ3v) is 5.58. The zero-order valence-corrected chi connectivity index (χ0v) is 15.7. The predicted molar refractivity (Wildman–Crippen MR) is 109 cm³/mol. The van der Waals surface area contributed by atoms with E-state index in [1.165, 1.54) is 0 Å². The van der Waals surface area contributed by atoms with Crippen LogP contribution in [0.15, 0.2) is 48.5 Å². The first kappa shape index (κ1) is 17.0. The van der Waals surface area contributed by atoms with Crippen molar-refractivity contribution in [3.8, 4) is 0 Å². The van der Waals surface area contributed by atoms with Crippen molar-refractivity contribution >= 4 is 28.0 Å². The van der Waals surface area contributed by atoms with Gasteiger partial charge in [-0.2, -0.15) is 0 Å². The quantitative estimate of drug-likeness (QED) is 0.571. The molecule has 0 bridgehead atoms. The zero-order valence-electron chi connectivity index (χ0n) is 15.7. The summed E-state index contributed by atoms with van der Waals surface area (Å²) in [7, 11) is 0. The largest absolute Gasteiger partial charge is 0.342 e. The molecule has 142 valence electrons. The molecule has 4 aromatic rings. The fourth-order valence-corrected chi connectivity index (χ4v) is 4.10. The number of rotatable bonds is 4. The summed E-state index contributed by atoms with van der Waals surface area (Å²) in [6.07, 6.45) is 3.19. The molecule has 1 aliphatic heterocycles. The van der Waals surface area contributed by atoms with Crippen molar-refractivity contribution in [2.75, 3.05) is 13.1 Å². The lowest BCUT2D eigenvalue weighted by Gasteiger charge is -2.32. The highest BCUT2D eigenvalue weighted by molar-refractivity contribution is 5.78. The number of hydrogen-bond acceptors (Lipinski definition) is 3. The van der Waals surface area contributed by atoms with Crippen molar-refractivity contribution in [1.82, 2.24) is 24.8 Å². The molecule has 1 saturated heterocycles. The number of carbonyl (C=O) groups is 1. The monoisotopic (exact) mass is 373 g/mol. The van der Waals surface area contributed by atoms with Gasteiger partial charge in [-0.1, -0.05) is 24.3 Å². The van der Waals surface area contributed by atoms with Crippen LogP contribution in [-0.4, -0.2) is 43.8 Å². The number of piperidine rings is 1. The van der Waals surface area contributed by atoms with Crippen LogP contribution >= 0.6 is 0 Å². The minimum atomic E-state index is 0.196. The second-order valence-electron chi connectivity index (χ2n) is 7.52. The molecule has 6 heteroatoms. The Bertz CT molecular complexity index is 1060. The van der Waals surface area contributed by atoms with Crippen LogP contribution < -0.4 is 0 Å². The Kier molecular flexibility index (Phi) is 4.31. The van der Waals surface area contributed by atoms with Gasteiger partial charge in [0.1, 0.15) is 11.6 Å². The molecule has 1 amide bonds. The molecular weight excluding hydrogens is 350 g/mol. The van der Waals surface area contributed by atoms with Crippen LogP contribution in [0.5, 0.6) is 0 Å². The minimum absolute atomic E-state index is 0.196. The lowest BCUT2D eigenvalue weighted by molar-refractivity contribution is -0.132. The van der Waals surface area contributed by atoms with E-state index in [0.29, 0.717) is 12.8 Å². The summed E-state index contributed by atoms with van der Waals surface area (Å²) in [6, 6.07) is 16.0. The van der Waals surface area contributed by atoms with Gasteiger partial charge < -0.3 is 14.9 Å². The Morgan fingerprint density at radius 1 is 1.00 bits per heavy atom. The molecule has 0 saturated carbocycles. The molecule has 0 spiro atoms. The number of nitrogens with one attached hydrogen (secondary N) is 2. The van der Waals surface area contributed by atoms with E-state index in [2.05, 4.69) is 15.0 Å². The van der Waals surface area contributed by atoms with Crippen molar-refractivity contribution in [3.05, 3.63) is 60.2 Å². The standard InChI is InChI=1S/C22H23N5O/c28-21(12-11-20-23-16-7-1-2-8-17(16)24-20)27-13-5-6-15(14-27)22-25-18-9-3-4-10-19(18)26-22/h1-4,7-10,15H,5-6,11-14H2,(H,23,24)(H,25,26). The first-order valence-corrected chi connectivity index (χ1v) is 9.92. The summed E-state index contributed by atoms with van der Waals surface area (Å²) >= 11 is 0. The number of aromatic nitrogens is 4. The number of aryl methyl sites for hydroxylation is 1. The third-order valence-electron chi connectivity index (χ3n) is 5.58. The van der Waals surface area contributed by atoms with E-state index in [0.717, 1.165) is 59.6 Å². The summed E-state index contributed by atoms with van der Waals surface area (Å²) < 4.78 is 0. The van der Waals surface area contributed by atoms with Gasteiger partial charge in [-0.15, -0.1) is 0 Å². The third kappa shape index (κ3) is 3.26. The molecule has 1 unspecified atom stereocenters. The summed E-state index contributed by atoms with van der Waals surface area (Å²) in [4.78, 5) is 30.8. The van der Waals surface area contributed by atoms with Crippen LogP contribution in [0.4, 0.5) is 0 Å². The molecular formula is C22H23N5O. The summed E-state index contributed by atoms with van der Waals surface area (Å²) in [5.41, 5.74) is 4.03. The number of benzene rings is 2. The second kappa shape index (κ2) is 7.11. The number of nitrogens with zero attached hydrogens (tertiary/aromatic N) is 3. The maximum atomic E-state index is 12.8. The van der Waals surface area contributed by atoms with Crippen molar-refractivity contribution in [1.29, 1.82) is 0 Å². The molecule has 2 N–H and O–H groups in total. The van der Waals surface area contributed by atoms with Gasteiger partial charge in [-0.05, 0) is 37.1 Å². The SMILES string of the molecule is O=C(CCc1nc2ccccc2[nH]1)N1CCCC(c2nc3ccccc3[nH]2)C1. The average molecular weight is 373 g/mol. The molecule has 2 aromatic heterocycles. The van der Waals surface area contributed by atoms with Crippen molar-refractivity contribution < 1.29 is 4.79 Å². The van der Waals surface area contributed by atoms with E-state index >= 15 is 0 Å². The maximum absolute atomic E-state index is 12.8. The first-order valence-electron chi connectivity index (χ1n) is 9.92. The number of imidazole rings is 2. The van der Waals surface area contributed by atoms with Gasteiger partial charge in [0.05, 0.1) is 22.1 Å². The number of para-hydroxylation sites is 4. The van der Waals surface area contributed by atoms with Crippen LogP contribution in [0.3, 0.4) is 0 Å². The second-order valence-corrected chi connectivity index (χ2v) is 7.52. The Morgan fingerprint density at radius 3 is 2.46 bits per heavy atom. The molecule has 0 radical (unpaired) electrons. The highest BCUT2D eigenvalue weighted by Gasteiger charge is 2.26. The van der Waals surface area contributed by atoms with Gasteiger partial charge in [-0.3, -0.25) is 4.79 Å². The predicted octanol–water partition coefficient (Wildman–Crippen LogP) is 3.78. The van der Waals surface area contributed by atoms with E-state index in [9.17, 15) is 4.79 Å². The molecule has 1 aliphatic rings. The average Bonchev–Trinajstić information content (AvgIpc) is 3.35. The molecule has 2 aromatic carbocycles. The van der Waals surface area contributed by atoms with Crippen LogP contribution in [0.1, 0.15) is 36.8 Å². The number of fused-ring (bicyclic) bond motifs is 2. The van der Waals surface area contributed by atoms with Crippen LogP contribution in [0, 0.1) is 0 Å². The zero-order chi connectivity index (χ0) is 18.9. The number of amides is 1. The van der Waals surface area contributed by atoms with Gasteiger partial charge in [0.25, 0.3) is 0 Å². The molecule has 5 rings (SSSR count). The molecule has 1 fully saturated rings. The van der Waals surface area contributed by atoms with E-state index in [1.807, 2.05) is 53.4 Å². The highest BCUT2D eigenvalue weighted by Crippen LogP contribution is 2.27. The first-order chi connectivity index (χ1) is 13.8. The topological polar surface area (TPSA) is 77.7 Å². The minimum Gasteiger partial charge on any atom is -0.342 e. The fraction of sp³-hybridized carbons (Fsp3) is 0.318. The Hall–Kier alpha value is -3.15. The van der Waals surface area contributed by atoms with E-state index in [1.54, 1.807) is 0 Å². The molecule has 1 atom stereocenters. The number of H-pyrrole nitrogens is 2. The lowest BCUT2D eigenvalue weighted by Crippen LogP contribution is -2.39. The maximum Gasteiger partial charge on any atom is 0.223 e. The number of hydrogen-bond donors (Lipinski definition) is 2. The Balaban J connectivity index is 1.24. The van der Waals surface area contributed by atoms with Crippen molar-refractivity contribution in [2.45, 2.75) is 31.6 Å². The fourth-order valence-electron chi connectivity index (χ4n) is 4.10. The number of carbonyl (C=O) groups excluding carboxylic acids is 1. The smallest absolute Gasteiger partial charge is 0.223 e. The summed E-state index contributed by atoms with van der Waals surface area (Å²) in [5.74, 6) is 2.34. The van der Waals surface area contributed by atoms with E-state index < -0.39 is 0 Å². The van der Waals surface area contributed by atoms with Crippen LogP contribution in [0.25, 0.3) is 22.1 Å². The van der Waals surface area contributed by atoms with Gasteiger partial charge in [0.15, 0.2) is 0 Å². The molecule has 3 heterocycles.